The SMILES string of the molecule is CN(C)CCNC(=O)c1ccnc(NCCC2=CCCCC2)c1. The molecule has 2 rings (SSSR count). The lowest BCUT2D eigenvalue weighted by Crippen LogP contribution is -2.31. The lowest BCUT2D eigenvalue weighted by atomic mass is 9.97. The van der Waals surface area contributed by atoms with Crippen LogP contribution in [0, 0.1) is 0 Å². The molecular weight excluding hydrogens is 288 g/mol. The highest BCUT2D eigenvalue weighted by Gasteiger charge is 2.07. The van der Waals surface area contributed by atoms with E-state index in [-0.39, 0.29) is 5.91 Å². The first-order valence-electron chi connectivity index (χ1n) is 8.46. The van der Waals surface area contributed by atoms with Crippen LogP contribution >= 0.6 is 0 Å². The maximum absolute atomic E-state index is 12.1. The van der Waals surface area contributed by atoms with E-state index in [1.807, 2.05) is 25.1 Å². The number of carbonyl (C=O) groups excluding carboxylic acids is 1. The monoisotopic (exact) mass is 316 g/mol. The van der Waals surface area contributed by atoms with Crippen LogP contribution in [0.1, 0.15) is 42.5 Å². The highest BCUT2D eigenvalue weighted by Crippen LogP contribution is 2.20. The normalized spacial score (nSPS) is 14.5. The second-order valence-corrected chi connectivity index (χ2v) is 6.27. The molecule has 1 aliphatic carbocycles. The Hall–Kier alpha value is -1.88. The predicted molar refractivity (Wildman–Crippen MR) is 94.8 cm³/mol. The highest BCUT2D eigenvalue weighted by molar-refractivity contribution is 5.94. The zero-order valence-electron chi connectivity index (χ0n) is 14.3. The first kappa shape index (κ1) is 17.5. The molecule has 5 heteroatoms. The topological polar surface area (TPSA) is 57.3 Å². The Labute approximate surface area is 139 Å². The van der Waals surface area contributed by atoms with Crippen molar-refractivity contribution in [2.24, 2.45) is 0 Å². The van der Waals surface area contributed by atoms with E-state index >= 15 is 0 Å². The van der Waals surface area contributed by atoms with E-state index in [1.54, 1.807) is 17.8 Å². The number of pyridine rings is 1. The highest BCUT2D eigenvalue weighted by atomic mass is 16.1. The van der Waals surface area contributed by atoms with Crippen LogP contribution in [-0.4, -0.2) is 49.5 Å². The Morgan fingerprint density at radius 2 is 2.17 bits per heavy atom. The fourth-order valence-electron chi connectivity index (χ4n) is 2.65. The van der Waals surface area contributed by atoms with Crippen LogP contribution in [0.4, 0.5) is 5.82 Å². The molecule has 0 fully saturated rings. The fourth-order valence-corrected chi connectivity index (χ4v) is 2.65. The van der Waals surface area contributed by atoms with E-state index in [0.29, 0.717) is 12.1 Å². The number of likely N-dealkylation sites (N-methyl/N-ethyl adjacent to an activating group) is 1. The van der Waals surface area contributed by atoms with Crippen molar-refractivity contribution in [1.82, 2.24) is 15.2 Å². The van der Waals surface area contributed by atoms with Crippen molar-refractivity contribution in [2.45, 2.75) is 32.1 Å². The molecule has 5 nitrogen and oxygen atoms in total. The van der Waals surface area contributed by atoms with Gasteiger partial charge in [0, 0.05) is 31.4 Å². The van der Waals surface area contributed by atoms with Crippen LogP contribution in [0.15, 0.2) is 30.0 Å². The van der Waals surface area contributed by atoms with Gasteiger partial charge in [-0.25, -0.2) is 4.98 Å². The zero-order chi connectivity index (χ0) is 16.5. The predicted octanol–water partition coefficient (Wildman–Crippen LogP) is 2.68. The summed E-state index contributed by atoms with van der Waals surface area (Å²) in [5, 5.41) is 6.24. The maximum Gasteiger partial charge on any atom is 0.251 e. The summed E-state index contributed by atoms with van der Waals surface area (Å²) < 4.78 is 0. The molecule has 0 spiro atoms. The van der Waals surface area contributed by atoms with Crippen molar-refractivity contribution in [1.29, 1.82) is 0 Å². The van der Waals surface area contributed by atoms with Crippen molar-refractivity contribution >= 4 is 11.7 Å². The molecule has 23 heavy (non-hydrogen) atoms. The third-order valence-electron chi connectivity index (χ3n) is 4.00. The molecule has 0 saturated carbocycles. The third-order valence-corrected chi connectivity index (χ3v) is 4.00. The molecule has 0 unspecified atom stereocenters. The lowest BCUT2D eigenvalue weighted by Gasteiger charge is -2.13. The minimum Gasteiger partial charge on any atom is -0.370 e. The van der Waals surface area contributed by atoms with E-state index in [2.05, 4.69) is 21.7 Å². The minimum atomic E-state index is -0.0488. The summed E-state index contributed by atoms with van der Waals surface area (Å²) >= 11 is 0. The van der Waals surface area contributed by atoms with Crippen LogP contribution in [0.3, 0.4) is 0 Å². The standard InChI is InChI=1S/C18H28N4O/c1-22(2)13-12-21-18(23)16-9-11-20-17(14-16)19-10-8-15-6-4-3-5-7-15/h6,9,11,14H,3-5,7-8,10,12-13H2,1-2H3,(H,19,20)(H,21,23). The summed E-state index contributed by atoms with van der Waals surface area (Å²) in [7, 11) is 3.98. The number of anilines is 1. The largest absolute Gasteiger partial charge is 0.370 e. The van der Waals surface area contributed by atoms with Gasteiger partial charge in [-0.1, -0.05) is 11.6 Å². The summed E-state index contributed by atoms with van der Waals surface area (Å²) in [6.07, 6.45) is 10.2. The van der Waals surface area contributed by atoms with Gasteiger partial charge in [0.15, 0.2) is 0 Å². The Bertz CT molecular complexity index is 540. The number of carbonyl (C=O) groups is 1. The molecule has 0 aromatic carbocycles. The Balaban J connectivity index is 1.79. The van der Waals surface area contributed by atoms with Crippen LogP contribution in [-0.2, 0) is 0 Å². The van der Waals surface area contributed by atoms with Crippen LogP contribution < -0.4 is 10.6 Å². The first-order chi connectivity index (χ1) is 11.1. The third kappa shape index (κ3) is 6.40. The van der Waals surface area contributed by atoms with Gasteiger partial charge in [-0.15, -0.1) is 0 Å². The number of nitrogens with zero attached hydrogens (tertiary/aromatic N) is 2. The smallest absolute Gasteiger partial charge is 0.251 e. The van der Waals surface area contributed by atoms with Crippen LogP contribution in [0.2, 0.25) is 0 Å². The lowest BCUT2D eigenvalue weighted by molar-refractivity contribution is 0.0951. The summed E-state index contributed by atoms with van der Waals surface area (Å²) in [4.78, 5) is 18.4. The molecular formula is C18H28N4O. The number of nitrogens with one attached hydrogen (secondary N) is 2. The summed E-state index contributed by atoms with van der Waals surface area (Å²) in [6, 6.07) is 3.57. The van der Waals surface area contributed by atoms with Gasteiger partial charge in [0.25, 0.3) is 5.91 Å². The molecule has 126 valence electrons. The summed E-state index contributed by atoms with van der Waals surface area (Å²) in [5.41, 5.74) is 2.19. The molecule has 0 saturated heterocycles. The van der Waals surface area contributed by atoms with Crippen molar-refractivity contribution in [3.8, 4) is 0 Å². The number of amides is 1. The fraction of sp³-hybridized carbons (Fsp3) is 0.556. The number of allylic oxidation sites excluding steroid dienone is 1. The molecule has 0 radical (unpaired) electrons. The molecule has 0 bridgehead atoms. The van der Waals surface area contributed by atoms with E-state index in [4.69, 9.17) is 0 Å². The molecule has 1 amide bonds. The van der Waals surface area contributed by atoms with E-state index in [1.165, 1.54) is 25.7 Å². The van der Waals surface area contributed by atoms with Gasteiger partial charge in [0.1, 0.15) is 5.82 Å². The van der Waals surface area contributed by atoms with Crippen molar-refractivity contribution in [3.05, 3.63) is 35.5 Å². The van der Waals surface area contributed by atoms with Crippen molar-refractivity contribution < 1.29 is 4.79 Å². The first-order valence-corrected chi connectivity index (χ1v) is 8.46. The second kappa shape index (κ2) is 9.30. The molecule has 1 aromatic rings. The number of hydrogen-bond acceptors (Lipinski definition) is 4. The van der Waals surface area contributed by atoms with Gasteiger partial charge in [-0.05, 0) is 58.3 Å². The van der Waals surface area contributed by atoms with Gasteiger partial charge in [-0.3, -0.25) is 4.79 Å². The van der Waals surface area contributed by atoms with Crippen LogP contribution in [0.25, 0.3) is 0 Å². The van der Waals surface area contributed by atoms with E-state index in [9.17, 15) is 4.79 Å². The quantitative estimate of drug-likeness (QED) is 0.724. The minimum absolute atomic E-state index is 0.0488. The summed E-state index contributed by atoms with van der Waals surface area (Å²) in [6.45, 7) is 2.34. The molecule has 1 heterocycles. The van der Waals surface area contributed by atoms with Gasteiger partial charge in [0.2, 0.25) is 0 Å². The molecule has 2 N–H and O–H groups in total. The van der Waals surface area contributed by atoms with Gasteiger partial charge >= 0.3 is 0 Å². The summed E-state index contributed by atoms with van der Waals surface area (Å²) in [5.74, 6) is 0.717. The Morgan fingerprint density at radius 1 is 1.30 bits per heavy atom. The molecule has 0 aliphatic heterocycles. The van der Waals surface area contributed by atoms with E-state index in [0.717, 1.165) is 25.3 Å². The number of aromatic nitrogens is 1. The van der Waals surface area contributed by atoms with Crippen molar-refractivity contribution in [2.75, 3.05) is 39.0 Å². The van der Waals surface area contributed by atoms with Gasteiger partial charge < -0.3 is 15.5 Å². The number of hydrogen-bond donors (Lipinski definition) is 2. The molecule has 0 atom stereocenters. The molecule has 1 aliphatic rings. The average Bonchev–Trinajstić information content (AvgIpc) is 2.56. The Kier molecular flexibility index (Phi) is 7.07. The maximum atomic E-state index is 12.1. The zero-order valence-corrected chi connectivity index (χ0v) is 14.3. The van der Waals surface area contributed by atoms with Gasteiger partial charge in [0.05, 0.1) is 0 Å². The van der Waals surface area contributed by atoms with E-state index < -0.39 is 0 Å². The van der Waals surface area contributed by atoms with Crippen LogP contribution in [0.5, 0.6) is 0 Å². The second-order valence-electron chi connectivity index (χ2n) is 6.27. The van der Waals surface area contributed by atoms with Gasteiger partial charge in [-0.2, -0.15) is 0 Å². The van der Waals surface area contributed by atoms with Crippen molar-refractivity contribution in [3.63, 3.8) is 0 Å². The Morgan fingerprint density at radius 3 is 2.91 bits per heavy atom. The number of rotatable bonds is 8. The molecule has 1 aromatic heterocycles. The average molecular weight is 316 g/mol.